The first-order valence-electron chi connectivity index (χ1n) is 13.2. The second-order valence-electron chi connectivity index (χ2n) is 9.98. The Bertz CT molecular complexity index is 1940. The van der Waals surface area contributed by atoms with E-state index in [2.05, 4.69) is 25.8 Å². The number of hydrogen-bond donors (Lipinski definition) is 4. The second-order valence-corrected chi connectivity index (χ2v) is 10.4. The molecule has 222 valence electrons. The zero-order valence-electron chi connectivity index (χ0n) is 23.3. The van der Waals surface area contributed by atoms with Crippen molar-refractivity contribution < 1.29 is 19.0 Å². The largest absolute Gasteiger partial charge is 0.453 e. The van der Waals surface area contributed by atoms with Crippen molar-refractivity contribution in [3.63, 3.8) is 0 Å². The molecule has 43 heavy (non-hydrogen) atoms. The molecule has 5 rings (SSSR count). The van der Waals surface area contributed by atoms with Crippen molar-refractivity contribution in [1.82, 2.24) is 24.3 Å². The fraction of sp³-hybridized carbons (Fsp3) is 0.207. The fourth-order valence-electron chi connectivity index (χ4n) is 4.29. The number of nitrogens with zero attached hydrogens (tertiary/aromatic N) is 4. The number of nitrogens with one attached hydrogen (secondary N) is 3. The molecular weight excluding hydrogens is 581 g/mol. The first-order valence-corrected chi connectivity index (χ1v) is 13.6. The Morgan fingerprint density at radius 1 is 1.12 bits per heavy atom. The number of fused-ring (bicyclic) bond motifs is 1. The smallest absolute Gasteiger partial charge is 0.335 e. The van der Waals surface area contributed by atoms with Crippen LogP contribution in [-0.2, 0) is 0 Å². The normalized spacial score (nSPS) is 12.0. The van der Waals surface area contributed by atoms with E-state index in [9.17, 15) is 19.5 Å². The molecule has 12 nitrogen and oxygen atoms in total. The van der Waals surface area contributed by atoms with Gasteiger partial charge in [0.25, 0.3) is 11.5 Å². The standard InChI is InChI=1S/C29H27ClFN7O5/c1-15(2)37-13-20(28(41)38(29(37)42)19-7-4-17(30)5-8-19)27(40)34-18-6-9-22(21(31)12-18)43-23-10-11-32-25-24(23)26(36-35-25)33-16(3)14-39/h4-13,15-16,39H,14H2,1-3H3,(H,34,40)(H2,32,33,35,36). The van der Waals surface area contributed by atoms with E-state index in [1.54, 1.807) is 20.8 Å². The predicted molar refractivity (Wildman–Crippen MR) is 160 cm³/mol. The lowest BCUT2D eigenvalue weighted by atomic mass is 10.2. The Morgan fingerprint density at radius 2 is 1.86 bits per heavy atom. The fourth-order valence-corrected chi connectivity index (χ4v) is 4.41. The SMILES string of the molecule is CC(CO)Nc1n[nH]c2nccc(Oc3ccc(NC(=O)c4cn(C(C)C)c(=O)n(-c5ccc(Cl)cc5)c4=O)cc3F)c12. The molecule has 0 radical (unpaired) electrons. The van der Waals surface area contributed by atoms with Crippen LogP contribution >= 0.6 is 11.6 Å². The van der Waals surface area contributed by atoms with Crippen molar-refractivity contribution in [2.75, 3.05) is 17.2 Å². The Balaban J connectivity index is 1.44. The molecule has 0 aliphatic carbocycles. The first-order chi connectivity index (χ1) is 20.6. The molecule has 2 aromatic carbocycles. The maximum atomic E-state index is 15.2. The molecule has 0 bridgehead atoms. The number of aromatic amines is 1. The van der Waals surface area contributed by atoms with Crippen LogP contribution in [0.2, 0.25) is 5.02 Å². The number of H-pyrrole nitrogens is 1. The summed E-state index contributed by atoms with van der Waals surface area (Å²) in [5.41, 5.74) is -1.11. The van der Waals surface area contributed by atoms with Crippen molar-refractivity contribution in [3.8, 4) is 17.2 Å². The molecule has 0 aliphatic heterocycles. The molecule has 5 aromatic rings. The maximum Gasteiger partial charge on any atom is 0.335 e. The number of aromatic nitrogens is 5. The number of aliphatic hydroxyl groups is 1. The van der Waals surface area contributed by atoms with Gasteiger partial charge in [-0.1, -0.05) is 11.6 Å². The molecule has 14 heteroatoms. The molecule has 0 aliphatic rings. The maximum absolute atomic E-state index is 15.2. The van der Waals surface area contributed by atoms with E-state index >= 15 is 4.39 Å². The number of rotatable bonds is 9. The van der Waals surface area contributed by atoms with Crippen LogP contribution in [0.3, 0.4) is 0 Å². The molecule has 0 saturated heterocycles. The third-order valence-corrected chi connectivity index (χ3v) is 6.74. The molecule has 3 aromatic heterocycles. The summed E-state index contributed by atoms with van der Waals surface area (Å²) in [6, 6.07) is 10.7. The van der Waals surface area contributed by atoms with Gasteiger partial charge in [0.1, 0.15) is 16.7 Å². The lowest BCUT2D eigenvalue weighted by Crippen LogP contribution is -2.42. The highest BCUT2D eigenvalue weighted by Gasteiger charge is 2.21. The number of hydrogen-bond acceptors (Lipinski definition) is 8. The van der Waals surface area contributed by atoms with E-state index in [1.165, 1.54) is 59.4 Å². The number of carbonyl (C=O) groups excluding carboxylic acids is 1. The number of amides is 1. The van der Waals surface area contributed by atoms with Gasteiger partial charge < -0.3 is 20.5 Å². The number of aliphatic hydroxyl groups excluding tert-OH is 1. The quantitative estimate of drug-likeness (QED) is 0.191. The van der Waals surface area contributed by atoms with E-state index in [1.807, 2.05) is 0 Å². The molecule has 1 amide bonds. The molecular formula is C29H27ClFN7O5. The second kappa shape index (κ2) is 12.1. The minimum Gasteiger partial charge on any atom is -0.453 e. The van der Waals surface area contributed by atoms with Crippen molar-refractivity contribution in [2.45, 2.75) is 32.9 Å². The van der Waals surface area contributed by atoms with E-state index in [0.717, 1.165) is 10.6 Å². The minimum atomic E-state index is -0.844. The lowest BCUT2D eigenvalue weighted by Gasteiger charge is -2.16. The van der Waals surface area contributed by atoms with E-state index in [-0.39, 0.29) is 47.1 Å². The van der Waals surface area contributed by atoms with Crippen LogP contribution in [0.1, 0.15) is 37.2 Å². The van der Waals surface area contributed by atoms with Crippen LogP contribution in [0.15, 0.2) is 70.5 Å². The van der Waals surface area contributed by atoms with Crippen LogP contribution in [-0.4, -0.2) is 48.0 Å². The molecule has 0 saturated carbocycles. The highest BCUT2D eigenvalue weighted by Crippen LogP contribution is 2.34. The average Bonchev–Trinajstić information content (AvgIpc) is 3.38. The minimum absolute atomic E-state index is 0.0527. The highest BCUT2D eigenvalue weighted by atomic mass is 35.5. The zero-order valence-corrected chi connectivity index (χ0v) is 24.0. The van der Waals surface area contributed by atoms with Crippen molar-refractivity contribution in [2.24, 2.45) is 0 Å². The summed E-state index contributed by atoms with van der Waals surface area (Å²) in [5, 5.41) is 22.7. The van der Waals surface area contributed by atoms with E-state index in [4.69, 9.17) is 16.3 Å². The molecule has 0 spiro atoms. The van der Waals surface area contributed by atoms with Gasteiger partial charge in [-0.05, 0) is 57.2 Å². The van der Waals surface area contributed by atoms with Gasteiger partial charge in [0.15, 0.2) is 23.0 Å². The number of anilines is 2. The number of carbonyl (C=O) groups is 1. The number of pyridine rings is 1. The van der Waals surface area contributed by atoms with Crippen molar-refractivity contribution >= 4 is 40.0 Å². The first kappa shape index (κ1) is 29.5. The molecule has 3 heterocycles. The topological polar surface area (TPSA) is 156 Å². The van der Waals surface area contributed by atoms with Crippen molar-refractivity contribution in [1.29, 1.82) is 0 Å². The van der Waals surface area contributed by atoms with Crippen LogP contribution in [0.25, 0.3) is 16.7 Å². The average molecular weight is 608 g/mol. The summed E-state index contributed by atoms with van der Waals surface area (Å²) in [6.45, 7) is 5.09. The van der Waals surface area contributed by atoms with Gasteiger partial charge in [-0.3, -0.25) is 19.3 Å². The molecule has 4 N–H and O–H groups in total. The number of halogens is 2. The molecule has 1 atom stereocenters. The van der Waals surface area contributed by atoms with E-state index < -0.39 is 23.0 Å². The highest BCUT2D eigenvalue weighted by molar-refractivity contribution is 6.30. The van der Waals surface area contributed by atoms with Gasteiger partial charge in [-0.15, -0.1) is 0 Å². The Kier molecular flexibility index (Phi) is 8.28. The Labute approximate surface area is 248 Å². The van der Waals surface area contributed by atoms with E-state index in [0.29, 0.717) is 21.9 Å². The van der Waals surface area contributed by atoms with Crippen LogP contribution in [0.5, 0.6) is 11.5 Å². The third-order valence-electron chi connectivity index (χ3n) is 6.49. The summed E-state index contributed by atoms with van der Waals surface area (Å²) in [6.07, 6.45) is 2.66. The summed E-state index contributed by atoms with van der Waals surface area (Å²) < 4.78 is 23.2. The lowest BCUT2D eigenvalue weighted by molar-refractivity contribution is 0.102. The third kappa shape index (κ3) is 5.98. The summed E-state index contributed by atoms with van der Waals surface area (Å²) >= 11 is 5.96. The van der Waals surface area contributed by atoms with Gasteiger partial charge in [0.05, 0.1) is 12.3 Å². The van der Waals surface area contributed by atoms with Gasteiger partial charge in [-0.2, -0.15) is 5.10 Å². The summed E-state index contributed by atoms with van der Waals surface area (Å²) in [4.78, 5) is 43.9. The summed E-state index contributed by atoms with van der Waals surface area (Å²) in [5.74, 6) is -1.16. The predicted octanol–water partition coefficient (Wildman–Crippen LogP) is 4.48. The summed E-state index contributed by atoms with van der Waals surface area (Å²) in [7, 11) is 0. The Hall–Kier alpha value is -5.01. The number of benzene rings is 2. The van der Waals surface area contributed by atoms with Crippen LogP contribution in [0.4, 0.5) is 15.9 Å². The van der Waals surface area contributed by atoms with Crippen molar-refractivity contribution in [3.05, 3.63) is 98.2 Å². The van der Waals surface area contributed by atoms with Crippen LogP contribution < -0.4 is 26.6 Å². The van der Waals surface area contributed by atoms with Gasteiger partial charge in [0.2, 0.25) is 0 Å². The molecule has 0 fully saturated rings. The monoisotopic (exact) mass is 607 g/mol. The molecule has 1 unspecified atom stereocenters. The zero-order chi connectivity index (χ0) is 30.8. The van der Waals surface area contributed by atoms with Gasteiger partial charge in [-0.25, -0.2) is 18.7 Å². The number of ether oxygens (including phenoxy) is 1. The van der Waals surface area contributed by atoms with Crippen LogP contribution in [0, 0.1) is 5.82 Å². The van der Waals surface area contributed by atoms with Gasteiger partial charge in [0, 0.05) is 47.3 Å². The van der Waals surface area contributed by atoms with Gasteiger partial charge >= 0.3 is 5.69 Å². The Morgan fingerprint density at radius 3 is 2.53 bits per heavy atom.